The van der Waals surface area contributed by atoms with E-state index in [4.69, 9.17) is 11.5 Å². The molecule has 0 radical (unpaired) electrons. The first-order valence-electron chi connectivity index (χ1n) is 4.83. The van der Waals surface area contributed by atoms with Crippen LogP contribution in [0.25, 0.3) is 0 Å². The Balaban J connectivity index is 0. The van der Waals surface area contributed by atoms with Crippen molar-refractivity contribution in [2.75, 3.05) is 6.54 Å². The van der Waals surface area contributed by atoms with Gasteiger partial charge in [-0.15, -0.1) is 24.8 Å². The molecule has 88 valence electrons. The fourth-order valence-corrected chi connectivity index (χ4v) is 2.87. The SMILES string of the molecule is CC1(C)CC(N)CC(C)(CN)C1.Cl.Cl. The summed E-state index contributed by atoms with van der Waals surface area (Å²) in [6.45, 7) is 7.61. The summed E-state index contributed by atoms with van der Waals surface area (Å²) in [7, 11) is 0. The molecular formula is C10H24Cl2N2. The third-order valence-electron chi connectivity index (χ3n) is 2.97. The van der Waals surface area contributed by atoms with Crippen molar-refractivity contribution in [2.24, 2.45) is 22.3 Å². The second-order valence-electron chi connectivity index (χ2n) is 5.52. The molecule has 1 fully saturated rings. The largest absolute Gasteiger partial charge is 0.330 e. The molecule has 4 heteroatoms. The first kappa shape index (κ1) is 16.9. The van der Waals surface area contributed by atoms with Crippen LogP contribution in [0.15, 0.2) is 0 Å². The van der Waals surface area contributed by atoms with Gasteiger partial charge in [0, 0.05) is 6.04 Å². The molecule has 1 rings (SSSR count). The molecule has 0 saturated heterocycles. The van der Waals surface area contributed by atoms with E-state index in [0.717, 1.165) is 19.4 Å². The van der Waals surface area contributed by atoms with Gasteiger partial charge in [0.1, 0.15) is 0 Å². The van der Waals surface area contributed by atoms with E-state index in [1.807, 2.05) is 0 Å². The van der Waals surface area contributed by atoms with Crippen LogP contribution in [0.5, 0.6) is 0 Å². The zero-order valence-electron chi connectivity index (χ0n) is 9.38. The van der Waals surface area contributed by atoms with Gasteiger partial charge >= 0.3 is 0 Å². The number of hydrogen-bond donors (Lipinski definition) is 2. The van der Waals surface area contributed by atoms with Gasteiger partial charge in [-0.1, -0.05) is 20.8 Å². The van der Waals surface area contributed by atoms with Gasteiger partial charge in [0.05, 0.1) is 0 Å². The zero-order chi connectivity index (χ0) is 9.41. The highest BCUT2D eigenvalue weighted by atomic mass is 35.5. The number of hydrogen-bond acceptors (Lipinski definition) is 2. The van der Waals surface area contributed by atoms with Crippen LogP contribution < -0.4 is 11.5 Å². The third-order valence-corrected chi connectivity index (χ3v) is 2.97. The van der Waals surface area contributed by atoms with E-state index < -0.39 is 0 Å². The van der Waals surface area contributed by atoms with Gasteiger partial charge in [0.25, 0.3) is 0 Å². The van der Waals surface area contributed by atoms with E-state index in [1.54, 1.807) is 0 Å². The average molecular weight is 243 g/mol. The Labute approximate surface area is 100 Å². The number of nitrogens with two attached hydrogens (primary N) is 2. The molecule has 0 amide bonds. The van der Waals surface area contributed by atoms with Crippen molar-refractivity contribution in [2.45, 2.75) is 46.1 Å². The van der Waals surface area contributed by atoms with Crippen LogP contribution in [0.1, 0.15) is 40.0 Å². The maximum absolute atomic E-state index is 6.01. The minimum Gasteiger partial charge on any atom is -0.330 e. The Morgan fingerprint density at radius 2 is 1.64 bits per heavy atom. The Morgan fingerprint density at radius 3 is 2.00 bits per heavy atom. The van der Waals surface area contributed by atoms with Crippen molar-refractivity contribution < 1.29 is 0 Å². The normalized spacial score (nSPS) is 35.4. The molecule has 0 aromatic rings. The fraction of sp³-hybridized carbons (Fsp3) is 1.00. The second-order valence-corrected chi connectivity index (χ2v) is 5.52. The van der Waals surface area contributed by atoms with Crippen LogP contribution in [-0.2, 0) is 0 Å². The summed E-state index contributed by atoms with van der Waals surface area (Å²) in [4.78, 5) is 0. The zero-order valence-corrected chi connectivity index (χ0v) is 11.0. The van der Waals surface area contributed by atoms with E-state index in [-0.39, 0.29) is 30.2 Å². The lowest BCUT2D eigenvalue weighted by Gasteiger charge is -2.45. The van der Waals surface area contributed by atoms with E-state index in [9.17, 15) is 0 Å². The summed E-state index contributed by atoms with van der Waals surface area (Å²) in [5.41, 5.74) is 12.4. The Hall–Kier alpha value is 0.500. The van der Waals surface area contributed by atoms with Crippen molar-refractivity contribution in [1.82, 2.24) is 0 Å². The first-order valence-corrected chi connectivity index (χ1v) is 4.83. The minimum absolute atomic E-state index is 0. The van der Waals surface area contributed by atoms with Crippen LogP contribution in [-0.4, -0.2) is 12.6 Å². The standard InChI is InChI=1S/C10H22N2.2ClH/c1-9(2)4-8(12)5-10(3,6-9)7-11;;/h8H,4-7,11-12H2,1-3H3;2*1H. The molecule has 14 heavy (non-hydrogen) atoms. The summed E-state index contributed by atoms with van der Waals surface area (Å²) in [5.74, 6) is 0. The molecule has 0 aromatic heterocycles. The summed E-state index contributed by atoms with van der Waals surface area (Å²) < 4.78 is 0. The summed E-state index contributed by atoms with van der Waals surface area (Å²) in [6.07, 6.45) is 3.44. The van der Waals surface area contributed by atoms with Gasteiger partial charge < -0.3 is 11.5 Å². The second kappa shape index (κ2) is 5.55. The lowest BCUT2D eigenvalue weighted by atomic mass is 9.63. The maximum atomic E-state index is 6.01. The van der Waals surface area contributed by atoms with Gasteiger partial charge in [0.2, 0.25) is 0 Å². The van der Waals surface area contributed by atoms with E-state index >= 15 is 0 Å². The molecule has 0 aliphatic heterocycles. The molecule has 1 aliphatic rings. The molecule has 2 unspecified atom stereocenters. The van der Waals surface area contributed by atoms with Crippen LogP contribution >= 0.6 is 24.8 Å². The van der Waals surface area contributed by atoms with E-state index in [1.165, 1.54) is 6.42 Å². The molecule has 2 nitrogen and oxygen atoms in total. The van der Waals surface area contributed by atoms with E-state index in [0.29, 0.717) is 11.5 Å². The van der Waals surface area contributed by atoms with Gasteiger partial charge in [-0.3, -0.25) is 0 Å². The first-order chi connectivity index (χ1) is 5.37. The Bertz CT molecular complexity index is 174. The van der Waals surface area contributed by atoms with Crippen molar-refractivity contribution in [3.63, 3.8) is 0 Å². The van der Waals surface area contributed by atoms with Crippen LogP contribution in [0, 0.1) is 10.8 Å². The highest BCUT2D eigenvalue weighted by Gasteiger charge is 2.38. The fourth-order valence-electron chi connectivity index (χ4n) is 2.87. The number of rotatable bonds is 1. The highest BCUT2D eigenvalue weighted by Crippen LogP contribution is 2.44. The topological polar surface area (TPSA) is 52.0 Å². The smallest absolute Gasteiger partial charge is 0.00495 e. The van der Waals surface area contributed by atoms with Crippen molar-refractivity contribution in [3.05, 3.63) is 0 Å². The lowest BCUT2D eigenvalue weighted by molar-refractivity contribution is 0.0904. The highest BCUT2D eigenvalue weighted by molar-refractivity contribution is 5.85. The molecule has 4 N–H and O–H groups in total. The van der Waals surface area contributed by atoms with Crippen LogP contribution in [0.4, 0.5) is 0 Å². The van der Waals surface area contributed by atoms with Gasteiger partial charge in [-0.2, -0.15) is 0 Å². The van der Waals surface area contributed by atoms with Gasteiger partial charge in [-0.25, -0.2) is 0 Å². The monoisotopic (exact) mass is 242 g/mol. The summed E-state index contributed by atoms with van der Waals surface area (Å²) in [5, 5.41) is 0. The predicted molar refractivity (Wildman–Crippen MR) is 67.3 cm³/mol. The molecule has 0 aromatic carbocycles. The van der Waals surface area contributed by atoms with Crippen molar-refractivity contribution >= 4 is 24.8 Å². The Morgan fingerprint density at radius 1 is 1.14 bits per heavy atom. The molecule has 0 bridgehead atoms. The predicted octanol–water partition coefficient (Wildman–Crippen LogP) is 2.33. The van der Waals surface area contributed by atoms with Crippen molar-refractivity contribution in [1.29, 1.82) is 0 Å². The maximum Gasteiger partial charge on any atom is 0.00495 e. The van der Waals surface area contributed by atoms with Gasteiger partial charge in [0.15, 0.2) is 0 Å². The summed E-state index contributed by atoms with van der Waals surface area (Å²) in [6, 6.07) is 0.349. The molecule has 0 spiro atoms. The number of halogens is 2. The molecule has 0 heterocycles. The summed E-state index contributed by atoms with van der Waals surface area (Å²) >= 11 is 0. The lowest BCUT2D eigenvalue weighted by Crippen LogP contribution is -2.45. The average Bonchev–Trinajstić information content (AvgIpc) is 1.82. The minimum atomic E-state index is 0. The van der Waals surface area contributed by atoms with Crippen LogP contribution in [0.3, 0.4) is 0 Å². The third kappa shape index (κ3) is 4.35. The molecule has 1 saturated carbocycles. The Kier molecular flexibility index (Phi) is 6.70. The molecule has 2 atom stereocenters. The van der Waals surface area contributed by atoms with E-state index in [2.05, 4.69) is 20.8 Å². The van der Waals surface area contributed by atoms with Crippen molar-refractivity contribution in [3.8, 4) is 0 Å². The molecular weight excluding hydrogens is 219 g/mol. The van der Waals surface area contributed by atoms with Crippen LogP contribution in [0.2, 0.25) is 0 Å². The van der Waals surface area contributed by atoms with Gasteiger partial charge in [-0.05, 0) is 36.6 Å². The molecule has 1 aliphatic carbocycles. The quantitative estimate of drug-likeness (QED) is 0.742.